The summed E-state index contributed by atoms with van der Waals surface area (Å²) in [5, 5.41) is 18.7. The number of carboxylic acid groups (broad SMARTS) is 1. The summed E-state index contributed by atoms with van der Waals surface area (Å²) in [5.41, 5.74) is 0.898. The van der Waals surface area contributed by atoms with Gasteiger partial charge in [-0.1, -0.05) is 35.5 Å². The lowest BCUT2D eigenvalue weighted by molar-refractivity contribution is 0.0661. The van der Waals surface area contributed by atoms with Crippen LogP contribution < -0.4 is 0 Å². The second-order valence-corrected chi connectivity index (χ2v) is 6.30. The molecule has 2 heterocycles. The van der Waals surface area contributed by atoms with Gasteiger partial charge in [-0.15, -0.1) is 10.2 Å². The van der Waals surface area contributed by atoms with E-state index in [9.17, 15) is 4.79 Å². The highest BCUT2D eigenvalue weighted by Crippen LogP contribution is 2.28. The Balaban J connectivity index is 1.80. The molecule has 0 atom stereocenters. The standard InChI is InChI=1S/C16H14ClN3O3S/c1-2-20-14(10-4-3-5-11(17)8-10)18-19-16(20)24-9-12-6-7-13(23-12)15(21)22/h3-8H,2,9H2,1H3,(H,21,22). The molecule has 0 saturated heterocycles. The van der Waals surface area contributed by atoms with Gasteiger partial charge in [0, 0.05) is 17.1 Å². The average Bonchev–Trinajstić information content (AvgIpc) is 3.19. The quantitative estimate of drug-likeness (QED) is 0.661. The summed E-state index contributed by atoms with van der Waals surface area (Å²) < 4.78 is 7.24. The molecule has 6 nitrogen and oxygen atoms in total. The Bertz CT molecular complexity index is 875. The van der Waals surface area contributed by atoms with Crippen molar-refractivity contribution in [1.82, 2.24) is 14.8 Å². The van der Waals surface area contributed by atoms with Gasteiger partial charge in [-0.05, 0) is 31.2 Å². The Morgan fingerprint density at radius 3 is 2.83 bits per heavy atom. The fraction of sp³-hybridized carbons (Fsp3) is 0.188. The molecule has 24 heavy (non-hydrogen) atoms. The van der Waals surface area contributed by atoms with Crippen molar-refractivity contribution in [3.63, 3.8) is 0 Å². The lowest BCUT2D eigenvalue weighted by Crippen LogP contribution is -1.99. The van der Waals surface area contributed by atoms with Gasteiger partial charge < -0.3 is 14.1 Å². The van der Waals surface area contributed by atoms with E-state index in [2.05, 4.69) is 10.2 Å². The van der Waals surface area contributed by atoms with Crippen molar-refractivity contribution in [3.8, 4) is 11.4 Å². The monoisotopic (exact) mass is 363 g/mol. The van der Waals surface area contributed by atoms with Crippen molar-refractivity contribution in [2.24, 2.45) is 0 Å². The molecule has 1 aromatic carbocycles. The predicted octanol–water partition coefficient (Wildman–Crippen LogP) is 4.20. The number of aromatic carboxylic acids is 1. The molecule has 0 fully saturated rings. The molecule has 1 N–H and O–H groups in total. The molecule has 2 aromatic heterocycles. The third kappa shape index (κ3) is 3.47. The number of rotatable bonds is 6. The van der Waals surface area contributed by atoms with E-state index in [0.717, 1.165) is 16.5 Å². The number of furan rings is 1. The van der Waals surface area contributed by atoms with Gasteiger partial charge in [-0.25, -0.2) is 4.79 Å². The van der Waals surface area contributed by atoms with Crippen LogP contribution in [0.1, 0.15) is 23.2 Å². The number of hydrogen-bond donors (Lipinski definition) is 1. The van der Waals surface area contributed by atoms with E-state index in [-0.39, 0.29) is 5.76 Å². The van der Waals surface area contributed by atoms with Crippen LogP contribution in [0.4, 0.5) is 0 Å². The average molecular weight is 364 g/mol. The van der Waals surface area contributed by atoms with Gasteiger partial charge in [0.2, 0.25) is 5.76 Å². The number of aromatic nitrogens is 3. The molecule has 0 aliphatic rings. The molecule has 0 aliphatic carbocycles. The van der Waals surface area contributed by atoms with Crippen LogP contribution in [0, 0.1) is 0 Å². The second kappa shape index (κ2) is 7.11. The van der Waals surface area contributed by atoms with Crippen LogP contribution in [0.25, 0.3) is 11.4 Å². The van der Waals surface area contributed by atoms with Gasteiger partial charge in [0.15, 0.2) is 11.0 Å². The van der Waals surface area contributed by atoms with Gasteiger partial charge in [0.1, 0.15) is 5.76 Å². The van der Waals surface area contributed by atoms with Gasteiger partial charge in [-0.2, -0.15) is 0 Å². The van der Waals surface area contributed by atoms with Crippen molar-refractivity contribution in [3.05, 3.63) is 52.9 Å². The second-order valence-electron chi connectivity index (χ2n) is 4.92. The van der Waals surface area contributed by atoms with E-state index in [1.165, 1.54) is 17.8 Å². The summed E-state index contributed by atoms with van der Waals surface area (Å²) >= 11 is 7.48. The lowest BCUT2D eigenvalue weighted by Gasteiger charge is -2.07. The van der Waals surface area contributed by atoms with Crippen molar-refractivity contribution >= 4 is 29.3 Å². The number of nitrogens with zero attached hydrogens (tertiary/aromatic N) is 3. The SMILES string of the molecule is CCn1c(SCc2ccc(C(=O)O)o2)nnc1-c1cccc(Cl)c1. The highest BCUT2D eigenvalue weighted by molar-refractivity contribution is 7.98. The van der Waals surface area contributed by atoms with E-state index in [1.807, 2.05) is 35.8 Å². The number of benzene rings is 1. The van der Waals surface area contributed by atoms with Crippen LogP contribution in [0.2, 0.25) is 5.02 Å². The smallest absolute Gasteiger partial charge is 0.371 e. The number of carboxylic acids is 1. The van der Waals surface area contributed by atoms with Crippen LogP contribution in [-0.2, 0) is 12.3 Å². The minimum Gasteiger partial charge on any atom is -0.475 e. The fourth-order valence-electron chi connectivity index (χ4n) is 2.23. The molecule has 0 aliphatic heterocycles. The Hall–Kier alpha value is -2.25. The molecule has 3 rings (SSSR count). The Kier molecular flexibility index (Phi) is 4.92. The highest BCUT2D eigenvalue weighted by Gasteiger charge is 2.15. The number of hydrogen-bond acceptors (Lipinski definition) is 5. The summed E-state index contributed by atoms with van der Waals surface area (Å²) in [6.45, 7) is 2.71. The first-order valence-electron chi connectivity index (χ1n) is 7.22. The van der Waals surface area contributed by atoms with Crippen LogP contribution in [0.3, 0.4) is 0 Å². The molecule has 0 bridgehead atoms. The third-order valence-corrected chi connectivity index (χ3v) is 4.56. The van der Waals surface area contributed by atoms with Crippen molar-refractivity contribution in [2.75, 3.05) is 0 Å². The number of thioether (sulfide) groups is 1. The maximum Gasteiger partial charge on any atom is 0.371 e. The van der Waals surface area contributed by atoms with E-state index in [0.29, 0.717) is 23.1 Å². The van der Waals surface area contributed by atoms with Gasteiger partial charge >= 0.3 is 5.97 Å². The van der Waals surface area contributed by atoms with E-state index in [4.69, 9.17) is 21.1 Å². The zero-order valence-corrected chi connectivity index (χ0v) is 14.3. The first-order valence-corrected chi connectivity index (χ1v) is 8.58. The molecule has 124 valence electrons. The van der Waals surface area contributed by atoms with Gasteiger partial charge in [-0.3, -0.25) is 0 Å². The number of carbonyl (C=O) groups is 1. The maximum atomic E-state index is 10.8. The molecular formula is C16H14ClN3O3S. The van der Waals surface area contributed by atoms with Gasteiger partial charge in [0.25, 0.3) is 0 Å². The summed E-state index contributed by atoms with van der Waals surface area (Å²) in [4.78, 5) is 10.8. The summed E-state index contributed by atoms with van der Waals surface area (Å²) in [7, 11) is 0. The van der Waals surface area contributed by atoms with E-state index < -0.39 is 5.97 Å². The molecule has 0 spiro atoms. The van der Waals surface area contributed by atoms with Crippen LogP contribution in [0.5, 0.6) is 0 Å². The van der Waals surface area contributed by atoms with Crippen molar-refractivity contribution < 1.29 is 14.3 Å². The first-order chi connectivity index (χ1) is 11.6. The zero-order chi connectivity index (χ0) is 17.1. The Labute approximate surface area is 147 Å². The van der Waals surface area contributed by atoms with Crippen LogP contribution in [-0.4, -0.2) is 25.8 Å². The van der Waals surface area contributed by atoms with E-state index >= 15 is 0 Å². The molecule has 0 amide bonds. The largest absolute Gasteiger partial charge is 0.475 e. The highest BCUT2D eigenvalue weighted by atomic mass is 35.5. The Morgan fingerprint density at radius 1 is 1.33 bits per heavy atom. The molecule has 0 unspecified atom stereocenters. The summed E-state index contributed by atoms with van der Waals surface area (Å²) in [6, 6.07) is 10.6. The minimum atomic E-state index is -1.08. The molecule has 0 radical (unpaired) electrons. The Morgan fingerprint density at radius 2 is 2.17 bits per heavy atom. The number of halogens is 1. The first kappa shape index (κ1) is 16.6. The predicted molar refractivity (Wildman–Crippen MR) is 91.4 cm³/mol. The van der Waals surface area contributed by atoms with E-state index in [1.54, 1.807) is 6.07 Å². The molecule has 8 heteroatoms. The maximum absolute atomic E-state index is 10.8. The third-order valence-electron chi connectivity index (χ3n) is 3.33. The zero-order valence-electron chi connectivity index (χ0n) is 12.8. The molecular weight excluding hydrogens is 350 g/mol. The van der Waals surface area contributed by atoms with Crippen molar-refractivity contribution in [2.45, 2.75) is 24.4 Å². The topological polar surface area (TPSA) is 81.2 Å². The fourth-order valence-corrected chi connectivity index (χ4v) is 3.31. The molecule has 0 saturated carbocycles. The summed E-state index contributed by atoms with van der Waals surface area (Å²) in [6.07, 6.45) is 0. The molecule has 3 aromatic rings. The van der Waals surface area contributed by atoms with Crippen molar-refractivity contribution in [1.29, 1.82) is 0 Å². The minimum absolute atomic E-state index is 0.0674. The van der Waals surface area contributed by atoms with Gasteiger partial charge in [0.05, 0.1) is 5.75 Å². The van der Waals surface area contributed by atoms with Crippen LogP contribution >= 0.6 is 23.4 Å². The van der Waals surface area contributed by atoms with Crippen LogP contribution in [0.15, 0.2) is 46.0 Å². The normalized spacial score (nSPS) is 10.9. The lowest BCUT2D eigenvalue weighted by atomic mass is 10.2. The summed E-state index contributed by atoms with van der Waals surface area (Å²) in [5.74, 6) is 0.648.